The van der Waals surface area contributed by atoms with Gasteiger partial charge in [-0.25, -0.2) is 0 Å². The van der Waals surface area contributed by atoms with Crippen molar-refractivity contribution in [3.05, 3.63) is 69.7 Å². The molecule has 150 valence electrons. The van der Waals surface area contributed by atoms with Crippen LogP contribution in [0.4, 0.5) is 0 Å². The molecule has 6 nitrogen and oxygen atoms in total. The SMILES string of the molecule is OC[C@@H](O)[C@H]1OC(c2cccc(Cl)c2)O[C@H]2COC(c3cccc(Cl)c3)O[C@@H]12. The van der Waals surface area contributed by atoms with E-state index in [1.54, 1.807) is 36.4 Å². The molecule has 0 spiro atoms. The first kappa shape index (κ1) is 20.1. The summed E-state index contributed by atoms with van der Waals surface area (Å²) in [5.41, 5.74) is 1.46. The van der Waals surface area contributed by atoms with Gasteiger partial charge in [-0.3, -0.25) is 0 Å². The molecule has 0 aromatic heterocycles. The van der Waals surface area contributed by atoms with Gasteiger partial charge in [-0.05, 0) is 24.3 Å². The molecule has 2 aliphatic rings. The Morgan fingerprint density at radius 3 is 2.18 bits per heavy atom. The lowest BCUT2D eigenvalue weighted by Crippen LogP contribution is -2.58. The van der Waals surface area contributed by atoms with Crippen molar-refractivity contribution in [1.29, 1.82) is 0 Å². The Balaban J connectivity index is 1.57. The van der Waals surface area contributed by atoms with Crippen molar-refractivity contribution in [3.63, 3.8) is 0 Å². The van der Waals surface area contributed by atoms with Crippen LogP contribution in [0.25, 0.3) is 0 Å². The number of hydrogen-bond donors (Lipinski definition) is 2. The van der Waals surface area contributed by atoms with Crippen LogP contribution < -0.4 is 0 Å². The van der Waals surface area contributed by atoms with Gasteiger partial charge in [0.15, 0.2) is 12.6 Å². The molecule has 0 bridgehead atoms. The Kier molecular flexibility index (Phi) is 6.20. The highest BCUT2D eigenvalue weighted by molar-refractivity contribution is 6.30. The van der Waals surface area contributed by atoms with Gasteiger partial charge in [-0.1, -0.05) is 47.5 Å². The maximum atomic E-state index is 10.3. The number of ether oxygens (including phenoxy) is 4. The summed E-state index contributed by atoms with van der Waals surface area (Å²) >= 11 is 12.1. The van der Waals surface area contributed by atoms with Crippen molar-refractivity contribution >= 4 is 23.2 Å². The van der Waals surface area contributed by atoms with Gasteiger partial charge >= 0.3 is 0 Å². The Morgan fingerprint density at radius 2 is 1.57 bits per heavy atom. The van der Waals surface area contributed by atoms with Crippen LogP contribution in [0.5, 0.6) is 0 Å². The Bertz CT molecular complexity index is 817. The highest BCUT2D eigenvalue weighted by Gasteiger charge is 2.48. The molecule has 2 fully saturated rings. The molecule has 2 N–H and O–H groups in total. The van der Waals surface area contributed by atoms with Crippen molar-refractivity contribution in [2.75, 3.05) is 13.2 Å². The number of fused-ring (bicyclic) bond motifs is 1. The summed E-state index contributed by atoms with van der Waals surface area (Å²) in [6.45, 7) is -0.237. The molecule has 2 saturated heterocycles. The number of halogens is 2. The highest BCUT2D eigenvalue weighted by Crippen LogP contribution is 2.39. The third-order valence-corrected chi connectivity index (χ3v) is 5.24. The molecule has 0 amide bonds. The Labute approximate surface area is 172 Å². The summed E-state index contributed by atoms with van der Waals surface area (Å²) in [7, 11) is 0. The Hall–Kier alpha value is -1.22. The van der Waals surface area contributed by atoms with Crippen LogP contribution in [-0.2, 0) is 18.9 Å². The predicted molar refractivity (Wildman–Crippen MR) is 102 cm³/mol. The summed E-state index contributed by atoms with van der Waals surface area (Å²) in [6, 6.07) is 14.2. The number of hydrogen-bond acceptors (Lipinski definition) is 6. The first-order chi connectivity index (χ1) is 13.5. The monoisotopic (exact) mass is 426 g/mol. The van der Waals surface area contributed by atoms with E-state index in [2.05, 4.69) is 0 Å². The van der Waals surface area contributed by atoms with Crippen molar-refractivity contribution in [1.82, 2.24) is 0 Å². The largest absolute Gasteiger partial charge is 0.394 e. The van der Waals surface area contributed by atoms with Gasteiger partial charge in [0.1, 0.15) is 24.4 Å². The van der Waals surface area contributed by atoms with Gasteiger partial charge in [0.25, 0.3) is 0 Å². The average molecular weight is 427 g/mol. The maximum absolute atomic E-state index is 10.3. The fourth-order valence-corrected chi connectivity index (χ4v) is 3.81. The van der Waals surface area contributed by atoms with Gasteiger partial charge < -0.3 is 29.2 Å². The minimum absolute atomic E-state index is 0.233. The van der Waals surface area contributed by atoms with Crippen molar-refractivity contribution in [2.24, 2.45) is 0 Å². The fourth-order valence-electron chi connectivity index (χ4n) is 3.42. The molecule has 4 rings (SSSR count). The van der Waals surface area contributed by atoms with E-state index in [-0.39, 0.29) is 6.61 Å². The number of aliphatic hydroxyl groups is 2. The number of benzene rings is 2. The molecule has 28 heavy (non-hydrogen) atoms. The summed E-state index contributed by atoms with van der Waals surface area (Å²) < 4.78 is 23.8. The molecule has 2 aromatic carbocycles. The molecule has 0 saturated carbocycles. The molecule has 2 heterocycles. The lowest BCUT2D eigenvalue weighted by molar-refractivity contribution is -0.373. The zero-order chi connectivity index (χ0) is 19.7. The molecule has 2 unspecified atom stereocenters. The molecular formula is C20H20Cl2O6. The van der Waals surface area contributed by atoms with E-state index < -0.39 is 43.6 Å². The van der Waals surface area contributed by atoms with E-state index in [4.69, 9.17) is 42.1 Å². The predicted octanol–water partition coefficient (Wildman–Crippen LogP) is 3.24. The minimum Gasteiger partial charge on any atom is -0.394 e. The van der Waals surface area contributed by atoms with Crippen LogP contribution in [-0.4, -0.2) is 47.8 Å². The van der Waals surface area contributed by atoms with Crippen LogP contribution in [0.15, 0.2) is 48.5 Å². The molecule has 0 aliphatic carbocycles. The van der Waals surface area contributed by atoms with Gasteiger partial charge in [-0.15, -0.1) is 0 Å². The smallest absolute Gasteiger partial charge is 0.185 e. The second-order valence-electron chi connectivity index (χ2n) is 6.73. The second kappa shape index (κ2) is 8.65. The highest BCUT2D eigenvalue weighted by atomic mass is 35.5. The van der Waals surface area contributed by atoms with Crippen LogP contribution in [0, 0.1) is 0 Å². The van der Waals surface area contributed by atoms with E-state index in [0.717, 1.165) is 5.56 Å². The fraction of sp³-hybridized carbons (Fsp3) is 0.400. The average Bonchev–Trinajstić information content (AvgIpc) is 2.72. The van der Waals surface area contributed by atoms with E-state index in [1.165, 1.54) is 0 Å². The van der Waals surface area contributed by atoms with Gasteiger partial charge in [0.05, 0.1) is 13.2 Å². The van der Waals surface area contributed by atoms with E-state index in [1.807, 2.05) is 12.1 Å². The van der Waals surface area contributed by atoms with Crippen molar-refractivity contribution in [2.45, 2.75) is 37.0 Å². The van der Waals surface area contributed by atoms with Crippen LogP contribution >= 0.6 is 23.2 Å². The van der Waals surface area contributed by atoms with Crippen LogP contribution in [0.3, 0.4) is 0 Å². The van der Waals surface area contributed by atoms with E-state index in [9.17, 15) is 10.2 Å². The topological polar surface area (TPSA) is 77.4 Å². The second-order valence-corrected chi connectivity index (χ2v) is 7.61. The zero-order valence-corrected chi connectivity index (χ0v) is 16.3. The third-order valence-electron chi connectivity index (χ3n) is 4.77. The molecule has 0 radical (unpaired) electrons. The molecule has 8 heteroatoms. The molecular weight excluding hydrogens is 407 g/mol. The first-order valence-corrected chi connectivity index (χ1v) is 9.68. The normalized spacial score (nSPS) is 31.2. The third kappa shape index (κ3) is 4.20. The lowest BCUT2D eigenvalue weighted by Gasteiger charge is -2.47. The first-order valence-electron chi connectivity index (χ1n) is 8.93. The number of rotatable bonds is 4. The quantitative estimate of drug-likeness (QED) is 0.781. The summed E-state index contributed by atoms with van der Waals surface area (Å²) in [5, 5.41) is 21.0. The summed E-state index contributed by atoms with van der Waals surface area (Å²) in [6.07, 6.45) is -4.51. The van der Waals surface area contributed by atoms with Gasteiger partial charge in [0, 0.05) is 21.2 Å². The minimum atomic E-state index is -1.14. The summed E-state index contributed by atoms with van der Waals surface area (Å²) in [5.74, 6) is 0. The standard InChI is InChI=1S/C20H20Cl2O6/c21-13-5-1-3-11(7-13)19-25-10-16-18(28-19)17(15(24)9-23)27-20(26-16)12-4-2-6-14(22)8-12/h1-8,15-20,23-24H,9-10H2/t15-,16+,17-,18-,19?,20?/m1/s1. The zero-order valence-electron chi connectivity index (χ0n) is 14.8. The molecule has 2 aromatic rings. The maximum Gasteiger partial charge on any atom is 0.185 e. The van der Waals surface area contributed by atoms with Crippen LogP contribution in [0.2, 0.25) is 10.0 Å². The van der Waals surface area contributed by atoms with Crippen molar-refractivity contribution in [3.8, 4) is 0 Å². The van der Waals surface area contributed by atoms with E-state index >= 15 is 0 Å². The van der Waals surface area contributed by atoms with Crippen molar-refractivity contribution < 1.29 is 29.2 Å². The van der Waals surface area contributed by atoms with E-state index in [0.29, 0.717) is 15.6 Å². The molecule has 6 atom stereocenters. The Morgan fingerprint density at radius 1 is 0.929 bits per heavy atom. The lowest BCUT2D eigenvalue weighted by atomic mass is 9.99. The summed E-state index contributed by atoms with van der Waals surface area (Å²) in [4.78, 5) is 0. The van der Waals surface area contributed by atoms with Gasteiger partial charge in [0.2, 0.25) is 0 Å². The molecule has 2 aliphatic heterocycles. The van der Waals surface area contributed by atoms with Gasteiger partial charge in [-0.2, -0.15) is 0 Å². The number of aliphatic hydroxyl groups excluding tert-OH is 2. The van der Waals surface area contributed by atoms with Crippen LogP contribution in [0.1, 0.15) is 23.7 Å².